The Morgan fingerprint density at radius 2 is 0.812 bits per heavy atom. The lowest BCUT2D eigenvalue weighted by Crippen LogP contribution is -2.28. The van der Waals surface area contributed by atoms with Crippen LogP contribution < -0.4 is 21.3 Å². The first-order chi connectivity index (χ1) is 64.0. The molecule has 16 aromatic rings. The lowest BCUT2D eigenvalue weighted by molar-refractivity contribution is -0.120. The second-order valence-electron chi connectivity index (χ2n) is 36.4. The number of amides is 4. The molecule has 0 saturated heterocycles. The van der Waals surface area contributed by atoms with E-state index in [1.165, 1.54) is 60.7 Å². The second kappa shape index (κ2) is 33.5. The van der Waals surface area contributed by atoms with E-state index in [4.69, 9.17) is 40.2 Å². The Balaban J connectivity index is 0.000000110. The molecule has 12 aromatic heterocycles. The summed E-state index contributed by atoms with van der Waals surface area (Å²) in [4.78, 5) is 106. The maximum atomic E-state index is 14.4. The molecule has 0 atom stereocenters. The third-order valence-electron chi connectivity index (χ3n) is 25.3. The van der Waals surface area contributed by atoms with Crippen LogP contribution in [0.15, 0.2) is 170 Å². The van der Waals surface area contributed by atoms with E-state index in [1.807, 2.05) is 84.0 Å². The molecule has 4 aliphatic heterocycles. The van der Waals surface area contributed by atoms with E-state index in [9.17, 15) is 41.1 Å². The molecule has 3 aliphatic carbocycles. The Bertz CT molecular complexity index is 7620. The quantitative estimate of drug-likeness (QED) is 0.0486. The van der Waals surface area contributed by atoms with Gasteiger partial charge in [-0.3, -0.25) is 19.2 Å². The Labute approximate surface area is 758 Å². The highest BCUT2D eigenvalue weighted by Crippen LogP contribution is 2.46. The number of halogens is 5. The van der Waals surface area contributed by atoms with E-state index in [1.54, 1.807) is 132 Å². The van der Waals surface area contributed by atoms with Gasteiger partial charge in [0.15, 0.2) is 45.9 Å². The summed E-state index contributed by atoms with van der Waals surface area (Å²) in [6.07, 6.45) is 19.7. The van der Waals surface area contributed by atoms with Crippen molar-refractivity contribution in [3.8, 4) is 57.9 Å². The van der Waals surface area contributed by atoms with Gasteiger partial charge in [0.25, 0.3) is 0 Å². The number of benzene rings is 4. The summed E-state index contributed by atoms with van der Waals surface area (Å²) in [6.45, 7) is 17.2. The van der Waals surface area contributed by atoms with Gasteiger partial charge in [-0.25, -0.2) is 100 Å². The molecule has 7 aliphatic rings. The van der Waals surface area contributed by atoms with E-state index in [0.717, 1.165) is 70.3 Å². The van der Waals surface area contributed by atoms with Crippen molar-refractivity contribution < 1.29 is 41.1 Å². The molecule has 666 valence electrons. The molecule has 133 heavy (non-hydrogen) atoms. The number of nitrogens with zero attached hydrogens (tertiary/aromatic N) is 20. The summed E-state index contributed by atoms with van der Waals surface area (Å²) in [5.41, 5.74) is 8.64. The minimum atomic E-state index is -0.782. The average Bonchev–Trinajstić information content (AvgIpc) is 1.59. The number of rotatable bonds is 17. The number of carbonyl (C=O) groups excluding carboxylic acids is 4. The molecule has 4 aromatic carbocycles. The molecule has 3 fully saturated rings. The lowest BCUT2D eigenvalue weighted by atomic mass is 9.84. The minimum absolute atomic E-state index is 0.0711. The van der Waals surface area contributed by atoms with Crippen LogP contribution in [0.5, 0.6) is 0 Å². The van der Waals surface area contributed by atoms with Crippen molar-refractivity contribution in [2.24, 2.45) is 17.8 Å². The van der Waals surface area contributed by atoms with E-state index >= 15 is 0 Å². The molecule has 16 heterocycles. The van der Waals surface area contributed by atoms with Crippen LogP contribution in [0.1, 0.15) is 168 Å². The maximum Gasteiger partial charge on any atom is 0.235 e. The highest BCUT2D eigenvalue weighted by Gasteiger charge is 2.47. The van der Waals surface area contributed by atoms with Gasteiger partial charge in [0, 0.05) is 75.2 Å². The second-order valence-corrected chi connectivity index (χ2v) is 36.4. The van der Waals surface area contributed by atoms with Crippen molar-refractivity contribution in [1.29, 1.82) is 0 Å². The fourth-order valence-electron chi connectivity index (χ4n) is 17.0. The van der Waals surface area contributed by atoms with Gasteiger partial charge in [-0.1, -0.05) is 97.6 Å². The van der Waals surface area contributed by atoms with Gasteiger partial charge in [0.1, 0.15) is 80.8 Å². The first kappa shape index (κ1) is 85.6. The van der Waals surface area contributed by atoms with E-state index < -0.39 is 27.5 Å². The molecule has 28 nitrogen and oxygen atoms in total. The monoisotopic (exact) mass is 1780 g/mol. The van der Waals surface area contributed by atoms with E-state index in [0.29, 0.717) is 142 Å². The predicted molar refractivity (Wildman–Crippen MR) is 490 cm³/mol. The minimum Gasteiger partial charge on any atom is -0.310 e. The number of nitrogens with one attached hydrogen (secondary N) is 4. The van der Waals surface area contributed by atoms with Crippen LogP contribution >= 0.6 is 0 Å². The van der Waals surface area contributed by atoms with Crippen LogP contribution in [-0.4, -0.2) is 123 Å². The van der Waals surface area contributed by atoms with Crippen molar-refractivity contribution in [1.82, 2.24) is 98.9 Å². The molecular formula is C100H87F5N24O4. The predicted octanol–water partition coefficient (Wildman–Crippen LogP) is 17.2. The number of carbonyl (C=O) groups is 4. The van der Waals surface area contributed by atoms with Crippen molar-refractivity contribution in [2.75, 3.05) is 21.3 Å². The number of hydrogen-bond acceptors (Lipinski definition) is 20. The summed E-state index contributed by atoms with van der Waals surface area (Å²) in [5, 5.41) is 33.0. The van der Waals surface area contributed by atoms with Crippen LogP contribution in [0.3, 0.4) is 0 Å². The third kappa shape index (κ3) is 16.3. The third-order valence-corrected chi connectivity index (χ3v) is 25.3. The Hall–Kier alpha value is -15.5. The van der Waals surface area contributed by atoms with E-state index in [2.05, 4.69) is 79.2 Å². The Morgan fingerprint density at radius 1 is 0.406 bits per heavy atom. The van der Waals surface area contributed by atoms with Gasteiger partial charge in [0.2, 0.25) is 23.6 Å². The number of aryl methyl sites for hydroxylation is 2. The van der Waals surface area contributed by atoms with Crippen molar-refractivity contribution >= 4 is 97.1 Å². The average molecular weight is 1780 g/mol. The zero-order chi connectivity index (χ0) is 92.3. The molecule has 4 amide bonds. The summed E-state index contributed by atoms with van der Waals surface area (Å²) < 4.78 is 78.1. The highest BCUT2D eigenvalue weighted by atomic mass is 19.1. The summed E-state index contributed by atoms with van der Waals surface area (Å²) in [6, 6.07) is 38.8. The van der Waals surface area contributed by atoms with Crippen LogP contribution in [0, 0.1) is 65.6 Å². The molecule has 3 saturated carbocycles. The first-order valence-electron chi connectivity index (χ1n) is 44.0. The number of hydrogen-bond donors (Lipinski definition) is 4. The normalized spacial score (nSPS) is 16.1. The van der Waals surface area contributed by atoms with Gasteiger partial charge in [-0.15, -0.1) is 0 Å². The lowest BCUT2D eigenvalue weighted by Gasteiger charge is -2.18. The number of fused-ring (bicyclic) bond motifs is 8. The van der Waals surface area contributed by atoms with Gasteiger partial charge in [-0.2, -0.15) is 20.4 Å². The van der Waals surface area contributed by atoms with Crippen LogP contribution in [0.25, 0.3) is 96.3 Å². The summed E-state index contributed by atoms with van der Waals surface area (Å²) in [7, 11) is 0. The summed E-state index contributed by atoms with van der Waals surface area (Å²) in [5.74, 6) is 9.26. The van der Waals surface area contributed by atoms with Gasteiger partial charge < -0.3 is 21.3 Å². The van der Waals surface area contributed by atoms with Crippen LogP contribution in [0.2, 0.25) is 0 Å². The van der Waals surface area contributed by atoms with Gasteiger partial charge in [-0.05, 0) is 191 Å². The van der Waals surface area contributed by atoms with E-state index in [-0.39, 0.29) is 84.6 Å². The Morgan fingerprint density at radius 3 is 1.28 bits per heavy atom. The topological polar surface area (TPSA) is 342 Å². The molecule has 4 N–H and O–H groups in total. The molecular weight excluding hydrogens is 1700 g/mol. The smallest absolute Gasteiger partial charge is 0.235 e. The molecule has 0 radical (unpaired) electrons. The van der Waals surface area contributed by atoms with Crippen LogP contribution in [-0.2, 0) is 73.4 Å². The Kier molecular flexibility index (Phi) is 21.5. The first-order valence-corrected chi connectivity index (χ1v) is 44.0. The standard InChI is InChI=1S/C26H25FN6O.C26H23FN6O.C26H21FN6O.C22H18F2N6O/c3*1-26(2)20-19(12-11-15-9-10-15)29-23(30-22(20)31-25(26)34)21-17-7-5-13-28-24(17)33(32-21)14-16-6-3-4-8-18(16)27;1-11-16(24)8-13-17(19-25-9-14-18(27-19)28-21(31)22(14,2)3)29-30(20(13)26-11)10-12-6-4-5-7-15(12)23/h3-8,13,15H,9-12,14H2,1-2H3,(H,29,30,31,34);3-8,11-13,15H,9-10,14H2,1-2H3,(H,29,30,31,34);3-8,13,15H,9-10,14H2,1-2H3,(H,29,30,31,34);4-9H,10H2,1-3H3,(H,25,27,28,31)/b;12-11-;;. The molecule has 0 bridgehead atoms. The number of pyridine rings is 4. The number of anilines is 4. The fraction of sp³-hybridized carbons (Fsp3) is 0.280. The van der Waals surface area contributed by atoms with Crippen LogP contribution in [0.4, 0.5) is 45.2 Å². The van der Waals surface area contributed by atoms with Crippen molar-refractivity contribution in [3.05, 3.63) is 267 Å². The zero-order valence-corrected chi connectivity index (χ0v) is 73.9. The van der Waals surface area contributed by atoms with Gasteiger partial charge >= 0.3 is 0 Å². The van der Waals surface area contributed by atoms with Crippen molar-refractivity contribution in [2.45, 2.75) is 162 Å². The molecule has 0 spiro atoms. The highest BCUT2D eigenvalue weighted by molar-refractivity contribution is 6.08. The zero-order valence-electron chi connectivity index (χ0n) is 73.9. The number of aromatic nitrogens is 20. The SMILES string of the molecule is CC1(C)C(=O)Nc2nc(-c3nn(Cc4ccccc4F)c4ncccc34)nc(/C=C\C3CC3)c21.CC1(C)C(=O)Nc2nc(-c3nn(Cc4ccccc4F)c4ncccc34)nc(C#CC3CC3)c21.CC1(C)C(=O)Nc2nc(-c3nn(Cc4ccccc4F)c4ncccc34)nc(CCC3CC3)c21.Cc1nc2c(cc1F)c(-c1ncc3c(n1)NC(=O)C3(C)C)nn2Cc1ccccc1F. The molecule has 0 unspecified atom stereocenters. The summed E-state index contributed by atoms with van der Waals surface area (Å²) >= 11 is 0. The maximum absolute atomic E-state index is 14.4. The molecule has 23 rings (SSSR count). The number of allylic oxidation sites excluding steroid dienone is 1. The fourth-order valence-corrected chi connectivity index (χ4v) is 17.0. The van der Waals surface area contributed by atoms with Gasteiger partial charge in [0.05, 0.1) is 86.5 Å². The molecule has 33 heteroatoms. The largest absolute Gasteiger partial charge is 0.310 e. The van der Waals surface area contributed by atoms with Crippen molar-refractivity contribution in [3.63, 3.8) is 0 Å².